The highest BCUT2D eigenvalue weighted by molar-refractivity contribution is 6.01. The standard InChI is InChI=1S/C53H32N4O/c54-33-34-25-27-37(28-26-34)40-17-11-21-44-48(40)49-41(18-12-22-45(49)53(44)42-19-7-9-23-46(42)58-47-24-10-8-20-43(47)53)52-56-50(38-15-5-2-6-16-38)55-51(57-52)39-31-29-36(30-32-39)35-13-3-1-4-14-35/h1-32H. The second-order valence-corrected chi connectivity index (χ2v) is 14.6. The monoisotopic (exact) mass is 740 g/mol. The predicted molar refractivity (Wildman–Crippen MR) is 229 cm³/mol. The van der Waals surface area contributed by atoms with Crippen LogP contribution in [0.5, 0.6) is 11.5 Å². The number of rotatable bonds is 5. The molecule has 0 N–H and O–H groups in total. The third-order valence-electron chi connectivity index (χ3n) is 11.5. The van der Waals surface area contributed by atoms with E-state index in [1.165, 1.54) is 0 Å². The molecule has 0 atom stereocenters. The zero-order chi connectivity index (χ0) is 38.6. The zero-order valence-corrected chi connectivity index (χ0v) is 31.2. The van der Waals surface area contributed by atoms with E-state index in [0.29, 0.717) is 23.0 Å². The van der Waals surface area contributed by atoms with Gasteiger partial charge >= 0.3 is 0 Å². The second kappa shape index (κ2) is 13.4. The van der Waals surface area contributed by atoms with Crippen molar-refractivity contribution in [2.75, 3.05) is 0 Å². The normalized spacial score (nSPS) is 12.7. The number of ether oxygens (including phenoxy) is 1. The van der Waals surface area contributed by atoms with Crippen LogP contribution in [0.2, 0.25) is 0 Å². The lowest BCUT2D eigenvalue weighted by molar-refractivity contribution is 0.436. The van der Waals surface area contributed by atoms with Gasteiger partial charge in [0.25, 0.3) is 0 Å². The van der Waals surface area contributed by atoms with E-state index < -0.39 is 5.41 Å². The summed E-state index contributed by atoms with van der Waals surface area (Å²) in [5.41, 5.74) is 13.5. The summed E-state index contributed by atoms with van der Waals surface area (Å²) in [7, 11) is 0. The minimum Gasteiger partial charge on any atom is -0.457 e. The van der Waals surface area contributed by atoms with Gasteiger partial charge < -0.3 is 4.74 Å². The molecule has 1 spiro atoms. The van der Waals surface area contributed by atoms with Crippen LogP contribution >= 0.6 is 0 Å². The second-order valence-electron chi connectivity index (χ2n) is 14.6. The summed E-state index contributed by atoms with van der Waals surface area (Å²) in [5.74, 6) is 3.42. The Balaban J connectivity index is 1.21. The Bertz CT molecular complexity index is 3030. The molecule has 0 fully saturated rings. The van der Waals surface area contributed by atoms with Gasteiger partial charge in [-0.1, -0.05) is 170 Å². The summed E-state index contributed by atoms with van der Waals surface area (Å²) < 4.78 is 6.65. The molecule has 0 bridgehead atoms. The van der Waals surface area contributed by atoms with Gasteiger partial charge in [-0.15, -0.1) is 0 Å². The van der Waals surface area contributed by atoms with E-state index in [1.807, 2.05) is 72.8 Å². The topological polar surface area (TPSA) is 71.7 Å². The van der Waals surface area contributed by atoms with Gasteiger partial charge in [0.1, 0.15) is 11.5 Å². The lowest BCUT2D eigenvalue weighted by Crippen LogP contribution is -2.32. The molecule has 270 valence electrons. The summed E-state index contributed by atoms with van der Waals surface area (Å²) in [4.78, 5) is 15.7. The number of aromatic nitrogens is 3. The average Bonchev–Trinajstić information content (AvgIpc) is 3.60. The van der Waals surface area contributed by atoms with Crippen molar-refractivity contribution in [3.05, 3.63) is 222 Å². The number of benzene rings is 8. The molecular formula is C53H32N4O. The smallest absolute Gasteiger partial charge is 0.164 e. The molecule has 8 aromatic carbocycles. The third-order valence-corrected chi connectivity index (χ3v) is 11.5. The van der Waals surface area contributed by atoms with Crippen molar-refractivity contribution in [1.82, 2.24) is 15.0 Å². The maximum Gasteiger partial charge on any atom is 0.164 e. The summed E-state index contributed by atoms with van der Waals surface area (Å²) in [6.07, 6.45) is 0. The Kier molecular flexibility index (Phi) is 7.70. The largest absolute Gasteiger partial charge is 0.457 e. The molecule has 5 heteroatoms. The molecule has 0 saturated heterocycles. The van der Waals surface area contributed by atoms with Crippen LogP contribution < -0.4 is 4.74 Å². The maximum atomic E-state index is 9.69. The van der Waals surface area contributed by atoms with Gasteiger partial charge in [-0.2, -0.15) is 5.26 Å². The molecule has 2 heterocycles. The van der Waals surface area contributed by atoms with Crippen molar-refractivity contribution in [1.29, 1.82) is 5.26 Å². The van der Waals surface area contributed by atoms with Crippen molar-refractivity contribution in [2.24, 2.45) is 0 Å². The number of nitriles is 1. The van der Waals surface area contributed by atoms with Crippen LogP contribution in [-0.2, 0) is 5.41 Å². The van der Waals surface area contributed by atoms with Crippen molar-refractivity contribution < 1.29 is 4.74 Å². The number of fused-ring (bicyclic) bond motifs is 9. The van der Waals surface area contributed by atoms with Crippen LogP contribution in [0.4, 0.5) is 0 Å². The number of nitrogens with zero attached hydrogens (tertiary/aromatic N) is 4. The fourth-order valence-electron chi connectivity index (χ4n) is 8.92. The van der Waals surface area contributed by atoms with Crippen LogP contribution in [0, 0.1) is 11.3 Å². The Hall–Kier alpha value is -7.94. The average molecular weight is 741 g/mol. The van der Waals surface area contributed by atoms with Gasteiger partial charge in [0.15, 0.2) is 17.5 Å². The summed E-state index contributed by atoms with van der Waals surface area (Å²) >= 11 is 0. The van der Waals surface area contributed by atoms with Crippen LogP contribution in [-0.4, -0.2) is 15.0 Å². The zero-order valence-electron chi connectivity index (χ0n) is 31.2. The summed E-state index contributed by atoms with van der Waals surface area (Å²) in [6, 6.07) is 68.9. The molecule has 11 rings (SSSR count). The van der Waals surface area contributed by atoms with Crippen molar-refractivity contribution in [2.45, 2.75) is 5.41 Å². The summed E-state index contributed by atoms with van der Waals surface area (Å²) in [5, 5.41) is 9.69. The van der Waals surface area contributed by atoms with Crippen molar-refractivity contribution in [3.8, 4) is 85.1 Å². The molecule has 0 saturated carbocycles. The van der Waals surface area contributed by atoms with Gasteiger partial charge in [-0.3, -0.25) is 0 Å². The quantitative estimate of drug-likeness (QED) is 0.176. The first-order chi connectivity index (χ1) is 28.7. The minimum atomic E-state index is -0.708. The number of para-hydroxylation sites is 2. The fourth-order valence-corrected chi connectivity index (χ4v) is 8.92. The molecule has 1 aliphatic heterocycles. The maximum absolute atomic E-state index is 9.69. The highest BCUT2D eigenvalue weighted by Crippen LogP contribution is 2.64. The molecule has 0 unspecified atom stereocenters. The Labute approximate surface area is 336 Å². The van der Waals surface area contributed by atoms with Crippen molar-refractivity contribution >= 4 is 0 Å². The number of hydrogen-bond donors (Lipinski definition) is 0. The van der Waals surface area contributed by atoms with E-state index in [1.54, 1.807) is 0 Å². The van der Waals surface area contributed by atoms with Crippen LogP contribution in [0.15, 0.2) is 194 Å². The SMILES string of the molecule is N#Cc1ccc(-c2cccc3c2-c2c(-c4nc(-c5ccccc5)nc(-c5ccc(-c6ccccc6)cc5)n4)cccc2C32c3ccccc3Oc3ccccc32)cc1. The lowest BCUT2D eigenvalue weighted by atomic mass is 9.66. The number of hydrogen-bond acceptors (Lipinski definition) is 5. The lowest BCUT2D eigenvalue weighted by Gasteiger charge is -2.39. The van der Waals surface area contributed by atoms with Crippen LogP contribution in [0.3, 0.4) is 0 Å². The molecule has 1 aromatic heterocycles. The Morgan fingerprint density at radius 2 is 0.793 bits per heavy atom. The van der Waals surface area contributed by atoms with Crippen molar-refractivity contribution in [3.63, 3.8) is 0 Å². The van der Waals surface area contributed by atoms with Gasteiger partial charge in [-0.05, 0) is 68.8 Å². The predicted octanol–water partition coefficient (Wildman–Crippen LogP) is 12.5. The van der Waals surface area contributed by atoms with E-state index in [4.69, 9.17) is 19.7 Å². The molecule has 58 heavy (non-hydrogen) atoms. The first-order valence-electron chi connectivity index (χ1n) is 19.3. The molecule has 5 nitrogen and oxygen atoms in total. The van der Waals surface area contributed by atoms with Gasteiger partial charge in [0.2, 0.25) is 0 Å². The van der Waals surface area contributed by atoms with Gasteiger partial charge in [-0.25, -0.2) is 15.0 Å². The highest BCUT2D eigenvalue weighted by atomic mass is 16.5. The van der Waals surface area contributed by atoms with Gasteiger partial charge in [0.05, 0.1) is 17.0 Å². The molecule has 9 aromatic rings. The first-order valence-corrected chi connectivity index (χ1v) is 19.3. The summed E-state index contributed by atoms with van der Waals surface area (Å²) in [6.45, 7) is 0. The molecule has 2 aliphatic rings. The van der Waals surface area contributed by atoms with E-state index in [-0.39, 0.29) is 0 Å². The van der Waals surface area contributed by atoms with Crippen LogP contribution in [0.1, 0.15) is 27.8 Å². The van der Waals surface area contributed by atoms with E-state index in [0.717, 1.165) is 83.8 Å². The Morgan fingerprint density at radius 1 is 0.362 bits per heavy atom. The van der Waals surface area contributed by atoms with E-state index >= 15 is 0 Å². The van der Waals surface area contributed by atoms with Gasteiger partial charge in [0, 0.05) is 27.8 Å². The van der Waals surface area contributed by atoms with E-state index in [2.05, 4.69) is 127 Å². The molecule has 0 amide bonds. The molecule has 1 aliphatic carbocycles. The first kappa shape index (κ1) is 33.4. The van der Waals surface area contributed by atoms with Crippen LogP contribution in [0.25, 0.3) is 67.5 Å². The molecule has 0 radical (unpaired) electrons. The fraction of sp³-hybridized carbons (Fsp3) is 0.0189. The molecular weight excluding hydrogens is 709 g/mol. The highest BCUT2D eigenvalue weighted by Gasteiger charge is 2.52. The Morgan fingerprint density at radius 3 is 1.40 bits per heavy atom. The minimum absolute atomic E-state index is 0.583. The van der Waals surface area contributed by atoms with E-state index in [9.17, 15) is 5.26 Å². The third kappa shape index (κ3) is 5.13.